The maximum absolute atomic E-state index is 13.4. The standard InChI is InChI=1S/C12H15F3N2O2S.ClH/c1-20-5-4-9(16)11(18)17-7-2-3-10(8(13)6-7)19-12(14)15;/h2-3,6,9,12H,4-5,16H2,1H3,(H,17,18);1H/t9-;/m0./s1. The summed E-state index contributed by atoms with van der Waals surface area (Å²) in [5, 5.41) is 2.42. The highest BCUT2D eigenvalue weighted by Crippen LogP contribution is 2.22. The molecule has 0 bridgehead atoms. The normalized spacial score (nSPS) is 11.7. The third-order valence-electron chi connectivity index (χ3n) is 2.39. The number of rotatable bonds is 7. The van der Waals surface area contributed by atoms with Crippen molar-refractivity contribution in [1.82, 2.24) is 0 Å². The first-order valence-corrected chi connectivity index (χ1v) is 7.13. The van der Waals surface area contributed by atoms with Crippen LogP contribution < -0.4 is 15.8 Å². The van der Waals surface area contributed by atoms with Crippen LogP contribution in [0.5, 0.6) is 5.75 Å². The topological polar surface area (TPSA) is 64.4 Å². The van der Waals surface area contributed by atoms with Crippen LogP contribution in [0.25, 0.3) is 0 Å². The van der Waals surface area contributed by atoms with Crippen molar-refractivity contribution in [3.05, 3.63) is 24.0 Å². The highest BCUT2D eigenvalue weighted by Gasteiger charge is 2.15. The summed E-state index contributed by atoms with van der Waals surface area (Å²) in [5.74, 6) is -1.30. The number of hydrogen-bond acceptors (Lipinski definition) is 4. The van der Waals surface area contributed by atoms with E-state index >= 15 is 0 Å². The van der Waals surface area contributed by atoms with Crippen LogP contribution in [-0.4, -0.2) is 30.6 Å². The van der Waals surface area contributed by atoms with Gasteiger partial charge < -0.3 is 15.8 Å². The van der Waals surface area contributed by atoms with Crippen molar-refractivity contribution in [2.75, 3.05) is 17.3 Å². The van der Waals surface area contributed by atoms with Gasteiger partial charge in [0.15, 0.2) is 11.6 Å². The SMILES string of the molecule is CSCC[C@H](N)C(=O)Nc1ccc(OC(F)F)c(F)c1.Cl. The summed E-state index contributed by atoms with van der Waals surface area (Å²) >= 11 is 1.56. The molecule has 0 fully saturated rings. The summed E-state index contributed by atoms with van der Waals surface area (Å²) in [4.78, 5) is 11.7. The van der Waals surface area contributed by atoms with Gasteiger partial charge >= 0.3 is 6.61 Å². The molecule has 0 saturated carbocycles. The van der Waals surface area contributed by atoms with E-state index in [0.29, 0.717) is 6.42 Å². The van der Waals surface area contributed by atoms with E-state index in [1.807, 2.05) is 6.26 Å². The highest BCUT2D eigenvalue weighted by atomic mass is 35.5. The lowest BCUT2D eigenvalue weighted by Gasteiger charge is -2.12. The molecular weight excluding hydrogens is 329 g/mol. The molecule has 0 aliphatic rings. The van der Waals surface area contributed by atoms with E-state index in [0.717, 1.165) is 17.9 Å². The second-order valence-electron chi connectivity index (χ2n) is 3.90. The van der Waals surface area contributed by atoms with Crippen molar-refractivity contribution >= 4 is 35.8 Å². The number of anilines is 1. The number of amides is 1. The van der Waals surface area contributed by atoms with Crippen LogP contribution in [0.15, 0.2) is 18.2 Å². The Morgan fingerprint density at radius 3 is 2.67 bits per heavy atom. The molecule has 0 heterocycles. The summed E-state index contributed by atoms with van der Waals surface area (Å²) < 4.78 is 41.3. The van der Waals surface area contributed by atoms with Crippen molar-refractivity contribution in [3.8, 4) is 5.75 Å². The molecule has 4 nitrogen and oxygen atoms in total. The zero-order chi connectivity index (χ0) is 15.1. The molecule has 21 heavy (non-hydrogen) atoms. The molecule has 9 heteroatoms. The van der Waals surface area contributed by atoms with E-state index in [1.54, 1.807) is 11.8 Å². The number of alkyl halides is 2. The molecule has 0 saturated heterocycles. The van der Waals surface area contributed by atoms with Crippen LogP contribution >= 0.6 is 24.2 Å². The summed E-state index contributed by atoms with van der Waals surface area (Å²) in [6.07, 6.45) is 2.38. The molecule has 1 amide bonds. The lowest BCUT2D eigenvalue weighted by molar-refractivity contribution is -0.117. The van der Waals surface area contributed by atoms with Crippen LogP contribution in [0.4, 0.5) is 18.9 Å². The summed E-state index contributed by atoms with van der Waals surface area (Å²) in [6, 6.07) is 2.48. The van der Waals surface area contributed by atoms with Gasteiger partial charge in [-0.05, 0) is 30.6 Å². The van der Waals surface area contributed by atoms with Crippen LogP contribution in [0.3, 0.4) is 0 Å². The van der Waals surface area contributed by atoms with E-state index in [2.05, 4.69) is 10.1 Å². The van der Waals surface area contributed by atoms with Crippen molar-refractivity contribution in [2.45, 2.75) is 19.1 Å². The number of carbonyl (C=O) groups is 1. The minimum absolute atomic E-state index is 0. The average molecular weight is 345 g/mol. The highest BCUT2D eigenvalue weighted by molar-refractivity contribution is 7.98. The quantitative estimate of drug-likeness (QED) is 0.798. The van der Waals surface area contributed by atoms with Crippen molar-refractivity contribution in [3.63, 3.8) is 0 Å². The zero-order valence-electron chi connectivity index (χ0n) is 11.1. The summed E-state index contributed by atoms with van der Waals surface area (Å²) in [7, 11) is 0. The summed E-state index contributed by atoms with van der Waals surface area (Å²) in [5.41, 5.74) is 5.78. The Hall–Kier alpha value is -1.12. The van der Waals surface area contributed by atoms with Gasteiger partial charge in [0.05, 0.1) is 6.04 Å². The number of benzene rings is 1. The second-order valence-corrected chi connectivity index (χ2v) is 4.89. The van der Waals surface area contributed by atoms with E-state index in [4.69, 9.17) is 5.73 Å². The fourth-order valence-corrected chi connectivity index (χ4v) is 1.87. The Morgan fingerprint density at radius 1 is 1.48 bits per heavy atom. The third-order valence-corrected chi connectivity index (χ3v) is 3.03. The Balaban J connectivity index is 0.00000400. The Bertz CT molecular complexity index is 466. The molecular formula is C12H16ClF3N2O2S. The van der Waals surface area contributed by atoms with Crippen molar-refractivity contribution in [1.29, 1.82) is 0 Å². The van der Waals surface area contributed by atoms with Crippen molar-refractivity contribution < 1.29 is 22.7 Å². The molecule has 120 valence electrons. The fraction of sp³-hybridized carbons (Fsp3) is 0.417. The number of hydrogen-bond donors (Lipinski definition) is 2. The van der Waals surface area contributed by atoms with E-state index in [-0.39, 0.29) is 18.1 Å². The van der Waals surface area contributed by atoms with Crippen molar-refractivity contribution in [2.24, 2.45) is 5.73 Å². The molecule has 0 spiro atoms. The van der Waals surface area contributed by atoms with Gasteiger partial charge in [0, 0.05) is 11.8 Å². The molecule has 0 unspecified atom stereocenters. The second kappa shape index (κ2) is 9.75. The maximum Gasteiger partial charge on any atom is 0.387 e. The van der Waals surface area contributed by atoms with Gasteiger partial charge in [-0.3, -0.25) is 4.79 Å². The molecule has 0 aliphatic heterocycles. The van der Waals surface area contributed by atoms with Gasteiger partial charge in [-0.2, -0.15) is 20.5 Å². The zero-order valence-corrected chi connectivity index (χ0v) is 12.8. The monoisotopic (exact) mass is 344 g/mol. The minimum Gasteiger partial charge on any atom is -0.432 e. The number of ether oxygens (including phenoxy) is 1. The van der Waals surface area contributed by atoms with Gasteiger partial charge in [0.2, 0.25) is 5.91 Å². The lowest BCUT2D eigenvalue weighted by atomic mass is 10.2. The molecule has 0 aliphatic carbocycles. The van der Waals surface area contributed by atoms with Gasteiger partial charge in [0.1, 0.15) is 0 Å². The lowest BCUT2D eigenvalue weighted by Crippen LogP contribution is -2.36. The number of nitrogens with one attached hydrogen (secondary N) is 1. The van der Waals surface area contributed by atoms with Crippen LogP contribution in [0.2, 0.25) is 0 Å². The fourth-order valence-electron chi connectivity index (χ4n) is 1.38. The minimum atomic E-state index is -3.11. The van der Waals surface area contributed by atoms with E-state index in [9.17, 15) is 18.0 Å². The Kier molecular flexibility index (Phi) is 9.23. The maximum atomic E-state index is 13.4. The first kappa shape index (κ1) is 19.9. The molecule has 1 rings (SSSR count). The van der Waals surface area contributed by atoms with E-state index < -0.39 is 30.1 Å². The van der Waals surface area contributed by atoms with Crippen LogP contribution in [0, 0.1) is 5.82 Å². The number of nitrogens with two attached hydrogens (primary N) is 1. The predicted octanol–water partition coefficient (Wildman–Crippen LogP) is 2.87. The first-order chi connectivity index (χ1) is 9.43. The predicted molar refractivity (Wildman–Crippen MR) is 79.9 cm³/mol. The number of carbonyl (C=O) groups excluding carboxylic acids is 1. The average Bonchev–Trinajstić information content (AvgIpc) is 2.38. The van der Waals surface area contributed by atoms with Gasteiger partial charge in [-0.1, -0.05) is 0 Å². The largest absolute Gasteiger partial charge is 0.432 e. The van der Waals surface area contributed by atoms with E-state index in [1.165, 1.54) is 6.07 Å². The number of halogens is 4. The number of thioether (sulfide) groups is 1. The smallest absolute Gasteiger partial charge is 0.387 e. The van der Waals surface area contributed by atoms with Gasteiger partial charge in [-0.25, -0.2) is 4.39 Å². The van der Waals surface area contributed by atoms with Crippen LogP contribution in [0.1, 0.15) is 6.42 Å². The molecule has 1 aromatic carbocycles. The van der Waals surface area contributed by atoms with Crippen LogP contribution in [-0.2, 0) is 4.79 Å². The van der Waals surface area contributed by atoms with Gasteiger partial charge in [0.25, 0.3) is 0 Å². The molecule has 1 atom stereocenters. The molecule has 0 aromatic heterocycles. The first-order valence-electron chi connectivity index (χ1n) is 5.73. The molecule has 1 aromatic rings. The Labute approximate surface area is 131 Å². The Morgan fingerprint density at radius 2 is 2.14 bits per heavy atom. The molecule has 0 radical (unpaired) electrons. The van der Waals surface area contributed by atoms with Gasteiger partial charge in [-0.15, -0.1) is 12.4 Å². The third kappa shape index (κ3) is 6.92. The molecule has 3 N–H and O–H groups in total. The summed E-state index contributed by atoms with van der Waals surface area (Å²) in [6.45, 7) is -3.11.